The van der Waals surface area contributed by atoms with Gasteiger partial charge in [-0.25, -0.2) is 0 Å². The summed E-state index contributed by atoms with van der Waals surface area (Å²) in [5, 5.41) is 20.8. The summed E-state index contributed by atoms with van der Waals surface area (Å²) in [4.78, 5) is 14.5. The maximum Gasteiger partial charge on any atom is 0.255 e. The van der Waals surface area contributed by atoms with E-state index in [1.54, 1.807) is 11.0 Å². The molecule has 1 fully saturated rings. The number of aromatic nitrogens is 2. The van der Waals surface area contributed by atoms with E-state index in [-0.39, 0.29) is 12.5 Å². The van der Waals surface area contributed by atoms with Crippen LogP contribution < -0.4 is 5.32 Å². The third-order valence-electron chi connectivity index (χ3n) is 3.82. The van der Waals surface area contributed by atoms with Gasteiger partial charge in [-0.3, -0.25) is 4.79 Å². The van der Waals surface area contributed by atoms with Crippen molar-refractivity contribution in [2.45, 2.75) is 39.2 Å². The van der Waals surface area contributed by atoms with E-state index in [0.29, 0.717) is 36.8 Å². The molecule has 21 heavy (non-hydrogen) atoms. The summed E-state index contributed by atoms with van der Waals surface area (Å²) in [7, 11) is 0. The minimum absolute atomic E-state index is 0.0303. The summed E-state index contributed by atoms with van der Waals surface area (Å²) in [6.07, 6.45) is 2.88. The number of carbonyl (C=O) groups is 1. The van der Waals surface area contributed by atoms with Crippen LogP contribution in [0, 0.1) is 6.92 Å². The molecule has 0 bridgehead atoms. The fourth-order valence-corrected chi connectivity index (χ4v) is 2.71. The zero-order chi connectivity index (χ0) is 15.2. The summed E-state index contributed by atoms with van der Waals surface area (Å²) < 4.78 is 0. The molecule has 0 saturated carbocycles. The monoisotopic (exact) mass is 292 g/mol. The number of amides is 1. The van der Waals surface area contributed by atoms with Gasteiger partial charge >= 0.3 is 0 Å². The molecular weight excluding hydrogens is 268 g/mol. The molecule has 6 heteroatoms. The van der Waals surface area contributed by atoms with Gasteiger partial charge in [-0.1, -0.05) is 6.92 Å². The Kier molecular flexibility index (Phi) is 5.64. The first kappa shape index (κ1) is 15.9. The Balaban J connectivity index is 2.18. The van der Waals surface area contributed by atoms with Crippen LogP contribution in [0.4, 0.5) is 0 Å². The van der Waals surface area contributed by atoms with Crippen molar-refractivity contribution in [3.63, 3.8) is 0 Å². The summed E-state index contributed by atoms with van der Waals surface area (Å²) >= 11 is 0. The number of aliphatic hydroxyl groups excluding tert-OH is 1. The zero-order valence-electron chi connectivity index (χ0n) is 12.8. The molecule has 0 radical (unpaired) electrons. The second-order valence-corrected chi connectivity index (χ2v) is 5.47. The summed E-state index contributed by atoms with van der Waals surface area (Å²) in [6, 6.07) is 2.11. The number of carbonyl (C=O) groups excluding carboxylic acids is 1. The van der Waals surface area contributed by atoms with Gasteiger partial charge in [-0.2, -0.15) is 10.2 Å². The predicted octanol–water partition coefficient (Wildman–Crippen LogP) is 0.534. The number of rotatable bonds is 6. The molecule has 0 aromatic carbocycles. The number of aryl methyl sites for hydroxylation is 2. The molecule has 1 aromatic rings. The topological polar surface area (TPSA) is 78.4 Å². The molecule has 2 heterocycles. The van der Waals surface area contributed by atoms with E-state index < -0.39 is 0 Å². The minimum Gasteiger partial charge on any atom is -0.395 e. The van der Waals surface area contributed by atoms with Gasteiger partial charge < -0.3 is 15.3 Å². The average molecular weight is 292 g/mol. The standard InChI is InChI=1S/C15H24N4O2/c1-3-14-13(9-11(2)17-18-14)15(21)19(7-8-20)10-12-5-4-6-16-12/h9,12,16,20H,3-8,10H2,1-2H3. The van der Waals surface area contributed by atoms with Crippen LogP contribution in [-0.2, 0) is 6.42 Å². The van der Waals surface area contributed by atoms with E-state index in [0.717, 1.165) is 25.1 Å². The van der Waals surface area contributed by atoms with E-state index in [2.05, 4.69) is 15.5 Å². The van der Waals surface area contributed by atoms with Gasteiger partial charge in [-0.05, 0) is 38.8 Å². The van der Waals surface area contributed by atoms with Crippen molar-refractivity contribution in [3.05, 3.63) is 23.0 Å². The van der Waals surface area contributed by atoms with Gasteiger partial charge in [0.15, 0.2) is 0 Å². The Labute approximate surface area is 125 Å². The van der Waals surface area contributed by atoms with Crippen molar-refractivity contribution in [3.8, 4) is 0 Å². The number of nitrogens with zero attached hydrogens (tertiary/aromatic N) is 3. The molecule has 0 spiro atoms. The van der Waals surface area contributed by atoms with Gasteiger partial charge in [0.25, 0.3) is 5.91 Å². The second-order valence-electron chi connectivity index (χ2n) is 5.47. The van der Waals surface area contributed by atoms with Crippen LogP contribution in [0.25, 0.3) is 0 Å². The van der Waals surface area contributed by atoms with Gasteiger partial charge in [-0.15, -0.1) is 0 Å². The van der Waals surface area contributed by atoms with E-state index >= 15 is 0 Å². The Hall–Kier alpha value is -1.53. The van der Waals surface area contributed by atoms with Crippen LogP contribution >= 0.6 is 0 Å². The van der Waals surface area contributed by atoms with Crippen LogP contribution in [0.2, 0.25) is 0 Å². The number of hydrogen-bond acceptors (Lipinski definition) is 5. The van der Waals surface area contributed by atoms with Crippen molar-refractivity contribution in [1.82, 2.24) is 20.4 Å². The molecule has 1 saturated heterocycles. The molecule has 1 amide bonds. The van der Waals surface area contributed by atoms with Crippen LogP contribution in [-0.4, -0.2) is 58.4 Å². The van der Waals surface area contributed by atoms with E-state index in [4.69, 9.17) is 0 Å². The molecule has 2 rings (SSSR count). The lowest BCUT2D eigenvalue weighted by Gasteiger charge is -2.26. The largest absolute Gasteiger partial charge is 0.395 e. The predicted molar refractivity (Wildman–Crippen MR) is 80.2 cm³/mol. The van der Waals surface area contributed by atoms with E-state index in [1.165, 1.54) is 0 Å². The van der Waals surface area contributed by atoms with Crippen LogP contribution in [0.15, 0.2) is 6.07 Å². The average Bonchev–Trinajstić information content (AvgIpc) is 2.99. The summed E-state index contributed by atoms with van der Waals surface area (Å²) in [6.45, 7) is 5.74. The van der Waals surface area contributed by atoms with Crippen LogP contribution in [0.5, 0.6) is 0 Å². The fourth-order valence-electron chi connectivity index (χ4n) is 2.71. The van der Waals surface area contributed by atoms with Crippen molar-refractivity contribution >= 4 is 5.91 Å². The first-order valence-corrected chi connectivity index (χ1v) is 7.62. The molecule has 1 aromatic heterocycles. The highest BCUT2D eigenvalue weighted by atomic mass is 16.3. The maximum absolute atomic E-state index is 12.8. The molecular formula is C15H24N4O2. The van der Waals surface area contributed by atoms with Crippen molar-refractivity contribution in [2.24, 2.45) is 0 Å². The quantitative estimate of drug-likeness (QED) is 0.800. The number of hydrogen-bond donors (Lipinski definition) is 2. The highest BCUT2D eigenvalue weighted by Crippen LogP contribution is 2.14. The highest BCUT2D eigenvalue weighted by molar-refractivity contribution is 5.95. The first-order valence-electron chi connectivity index (χ1n) is 7.62. The van der Waals surface area contributed by atoms with Gasteiger partial charge in [0, 0.05) is 19.1 Å². The third-order valence-corrected chi connectivity index (χ3v) is 3.82. The lowest BCUT2D eigenvalue weighted by molar-refractivity contribution is 0.0704. The Morgan fingerprint density at radius 2 is 2.33 bits per heavy atom. The van der Waals surface area contributed by atoms with Gasteiger partial charge in [0.1, 0.15) is 0 Å². The Bertz CT molecular complexity index is 487. The Morgan fingerprint density at radius 1 is 1.52 bits per heavy atom. The zero-order valence-corrected chi connectivity index (χ0v) is 12.8. The molecule has 2 N–H and O–H groups in total. The van der Waals surface area contributed by atoms with Crippen LogP contribution in [0.1, 0.15) is 41.5 Å². The molecule has 1 aliphatic rings. The van der Waals surface area contributed by atoms with E-state index in [9.17, 15) is 9.90 Å². The molecule has 1 aliphatic heterocycles. The van der Waals surface area contributed by atoms with Gasteiger partial charge in [0.2, 0.25) is 0 Å². The maximum atomic E-state index is 12.8. The van der Waals surface area contributed by atoms with Crippen molar-refractivity contribution in [2.75, 3.05) is 26.2 Å². The normalized spacial score (nSPS) is 18.0. The smallest absolute Gasteiger partial charge is 0.255 e. The molecule has 116 valence electrons. The molecule has 6 nitrogen and oxygen atoms in total. The lowest BCUT2D eigenvalue weighted by atomic mass is 10.1. The van der Waals surface area contributed by atoms with Crippen LogP contribution in [0.3, 0.4) is 0 Å². The molecule has 1 unspecified atom stereocenters. The van der Waals surface area contributed by atoms with Crippen molar-refractivity contribution in [1.29, 1.82) is 0 Å². The number of nitrogens with one attached hydrogen (secondary N) is 1. The number of aliphatic hydroxyl groups is 1. The fraction of sp³-hybridized carbons (Fsp3) is 0.667. The molecule has 1 atom stereocenters. The summed E-state index contributed by atoms with van der Waals surface area (Å²) in [5.74, 6) is -0.0624. The first-order chi connectivity index (χ1) is 10.2. The second kappa shape index (κ2) is 7.47. The van der Waals surface area contributed by atoms with Gasteiger partial charge in [0.05, 0.1) is 23.6 Å². The highest BCUT2D eigenvalue weighted by Gasteiger charge is 2.24. The van der Waals surface area contributed by atoms with E-state index in [1.807, 2.05) is 13.8 Å². The van der Waals surface area contributed by atoms with Crippen molar-refractivity contribution < 1.29 is 9.90 Å². The minimum atomic E-state index is -0.0624. The lowest BCUT2D eigenvalue weighted by Crippen LogP contribution is -2.43. The Morgan fingerprint density at radius 3 is 2.95 bits per heavy atom. The molecule has 0 aliphatic carbocycles. The summed E-state index contributed by atoms with van der Waals surface area (Å²) in [5.41, 5.74) is 2.06. The third kappa shape index (κ3) is 3.98. The SMILES string of the molecule is CCc1nnc(C)cc1C(=O)N(CCO)CC1CCCN1.